The number of hydrogen-bond donors (Lipinski definition) is 2. The molecule has 2 atom stereocenters. The van der Waals surface area contributed by atoms with Crippen LogP contribution in [-0.4, -0.2) is 16.9 Å². The summed E-state index contributed by atoms with van der Waals surface area (Å²) >= 11 is 0. The number of hydrogen-bond acceptors (Lipinski definition) is 3. The number of unbranched alkanes of at least 4 members (excludes halogenated alkanes) is 8. The minimum Gasteiger partial charge on any atom is -0.387 e. The molecule has 0 fully saturated rings. The van der Waals surface area contributed by atoms with Gasteiger partial charge in [0.2, 0.25) is 0 Å². The van der Waals surface area contributed by atoms with Gasteiger partial charge in [-0.1, -0.05) is 88.6 Å². The molecule has 0 saturated carbocycles. The summed E-state index contributed by atoms with van der Waals surface area (Å²) in [5.74, 6) is 0.167. The second kappa shape index (κ2) is 13.1. The number of carbonyl (C=O) groups excluding carboxylic acids is 1. The van der Waals surface area contributed by atoms with E-state index in [-0.39, 0.29) is 12.2 Å². The molecule has 0 heterocycles. The average Bonchev–Trinajstić information content (AvgIpc) is 2.60. The lowest BCUT2D eigenvalue weighted by Crippen LogP contribution is -2.31. The van der Waals surface area contributed by atoms with Gasteiger partial charge >= 0.3 is 0 Å². The van der Waals surface area contributed by atoms with E-state index in [1.54, 1.807) is 0 Å². The van der Waals surface area contributed by atoms with Gasteiger partial charge in [-0.2, -0.15) is 0 Å². The minimum atomic E-state index is -0.765. The van der Waals surface area contributed by atoms with Gasteiger partial charge in [0, 0.05) is 18.9 Å². The van der Waals surface area contributed by atoms with Crippen molar-refractivity contribution in [2.45, 2.75) is 89.7 Å². The van der Waals surface area contributed by atoms with Crippen molar-refractivity contribution in [2.75, 3.05) is 0 Å². The summed E-state index contributed by atoms with van der Waals surface area (Å²) in [6.45, 7) is 2.24. The number of benzene rings is 1. The zero-order chi connectivity index (χ0) is 17.6. The molecule has 0 aliphatic carbocycles. The second-order valence-corrected chi connectivity index (χ2v) is 6.84. The smallest absolute Gasteiger partial charge is 0.134 e. The number of carbonyl (C=O) groups is 1. The lowest BCUT2D eigenvalue weighted by atomic mass is 9.97. The monoisotopic (exact) mass is 333 g/mol. The molecule has 3 nitrogen and oxygen atoms in total. The Morgan fingerprint density at radius 3 is 2.08 bits per heavy atom. The fourth-order valence-electron chi connectivity index (χ4n) is 3.01. The maximum atomic E-state index is 12.0. The quantitative estimate of drug-likeness (QED) is 0.475. The molecule has 0 aliphatic rings. The summed E-state index contributed by atoms with van der Waals surface area (Å²) < 4.78 is 0. The van der Waals surface area contributed by atoms with Crippen LogP contribution in [0.4, 0.5) is 0 Å². The van der Waals surface area contributed by atoms with Crippen LogP contribution >= 0.6 is 0 Å². The molecule has 0 aromatic heterocycles. The first-order chi connectivity index (χ1) is 11.6. The molecule has 0 saturated heterocycles. The molecule has 0 bridgehead atoms. The Hall–Kier alpha value is -1.19. The van der Waals surface area contributed by atoms with E-state index in [4.69, 9.17) is 5.73 Å². The van der Waals surface area contributed by atoms with Crippen molar-refractivity contribution in [3.8, 4) is 0 Å². The molecule has 0 radical (unpaired) electrons. The number of aliphatic hydroxyl groups excluding tert-OH is 1. The standard InChI is InChI=1S/C21H35NO2/c1-2-3-4-5-6-7-8-9-13-16-19(23)17-20(22)21(24)18-14-11-10-12-15-18/h10-12,14-15,20-21,24H,2-9,13,16-17,22H2,1H3. The van der Waals surface area contributed by atoms with Gasteiger partial charge in [0.25, 0.3) is 0 Å². The first-order valence-electron chi connectivity index (χ1n) is 9.65. The third-order valence-corrected chi connectivity index (χ3v) is 4.57. The Balaban J connectivity index is 2.07. The van der Waals surface area contributed by atoms with Crippen LogP contribution in [0.5, 0.6) is 0 Å². The zero-order valence-electron chi connectivity index (χ0n) is 15.3. The molecule has 0 spiro atoms. The first kappa shape index (κ1) is 20.9. The highest BCUT2D eigenvalue weighted by Crippen LogP contribution is 2.18. The van der Waals surface area contributed by atoms with E-state index >= 15 is 0 Å². The molecule has 136 valence electrons. The average molecular weight is 334 g/mol. The first-order valence-corrected chi connectivity index (χ1v) is 9.65. The molecule has 3 N–H and O–H groups in total. The predicted octanol–water partition coefficient (Wildman–Crippen LogP) is 4.93. The van der Waals surface area contributed by atoms with E-state index < -0.39 is 12.1 Å². The maximum Gasteiger partial charge on any atom is 0.134 e. The Kier molecular flexibility index (Phi) is 11.4. The van der Waals surface area contributed by atoms with Gasteiger partial charge in [-0.25, -0.2) is 0 Å². The van der Waals surface area contributed by atoms with E-state index in [1.807, 2.05) is 30.3 Å². The molecular formula is C21H35NO2. The van der Waals surface area contributed by atoms with E-state index in [0.717, 1.165) is 18.4 Å². The molecular weight excluding hydrogens is 298 g/mol. The fourth-order valence-corrected chi connectivity index (χ4v) is 3.01. The topological polar surface area (TPSA) is 63.3 Å². The number of Topliss-reactive ketones (excluding diaryl/α,β-unsaturated/α-hetero) is 1. The second-order valence-electron chi connectivity index (χ2n) is 6.84. The normalized spacial score (nSPS) is 13.6. The SMILES string of the molecule is CCCCCCCCCCCC(=O)CC(N)C(O)c1ccccc1. The Labute approximate surface area is 147 Å². The number of nitrogens with two attached hydrogens (primary N) is 1. The largest absolute Gasteiger partial charge is 0.387 e. The number of rotatable bonds is 14. The highest BCUT2D eigenvalue weighted by atomic mass is 16.3. The molecule has 1 rings (SSSR count). The maximum absolute atomic E-state index is 12.0. The zero-order valence-corrected chi connectivity index (χ0v) is 15.3. The number of aliphatic hydroxyl groups is 1. The number of ketones is 1. The van der Waals surface area contributed by atoms with E-state index in [2.05, 4.69) is 6.92 Å². The van der Waals surface area contributed by atoms with Gasteiger partial charge in [0.1, 0.15) is 5.78 Å². The van der Waals surface area contributed by atoms with Gasteiger partial charge in [-0.05, 0) is 12.0 Å². The van der Waals surface area contributed by atoms with Crippen LogP contribution < -0.4 is 5.73 Å². The highest BCUT2D eigenvalue weighted by molar-refractivity contribution is 5.79. The van der Waals surface area contributed by atoms with E-state index in [0.29, 0.717) is 6.42 Å². The molecule has 2 unspecified atom stereocenters. The molecule has 0 aliphatic heterocycles. The van der Waals surface area contributed by atoms with Crippen molar-refractivity contribution in [3.63, 3.8) is 0 Å². The molecule has 1 aromatic rings. The summed E-state index contributed by atoms with van der Waals surface area (Å²) in [5, 5.41) is 10.2. The van der Waals surface area contributed by atoms with Crippen LogP contribution in [0.15, 0.2) is 30.3 Å². The minimum absolute atomic E-state index is 0.167. The van der Waals surface area contributed by atoms with Gasteiger partial charge < -0.3 is 10.8 Å². The molecule has 0 amide bonds. The van der Waals surface area contributed by atoms with E-state index in [9.17, 15) is 9.90 Å². The van der Waals surface area contributed by atoms with E-state index in [1.165, 1.54) is 44.9 Å². The fraction of sp³-hybridized carbons (Fsp3) is 0.667. The van der Waals surface area contributed by atoms with Crippen molar-refractivity contribution in [2.24, 2.45) is 5.73 Å². The van der Waals surface area contributed by atoms with Crippen molar-refractivity contribution in [3.05, 3.63) is 35.9 Å². The van der Waals surface area contributed by atoms with Gasteiger partial charge in [0.05, 0.1) is 6.10 Å². The molecule has 24 heavy (non-hydrogen) atoms. The Morgan fingerprint density at radius 1 is 0.958 bits per heavy atom. The predicted molar refractivity (Wildman–Crippen MR) is 101 cm³/mol. The van der Waals surface area contributed by atoms with Crippen LogP contribution in [0.25, 0.3) is 0 Å². The Morgan fingerprint density at radius 2 is 1.50 bits per heavy atom. The van der Waals surface area contributed by atoms with Crippen LogP contribution in [-0.2, 0) is 4.79 Å². The van der Waals surface area contributed by atoms with Gasteiger partial charge in [-0.3, -0.25) is 4.79 Å². The highest BCUT2D eigenvalue weighted by Gasteiger charge is 2.19. The third-order valence-electron chi connectivity index (χ3n) is 4.57. The molecule has 1 aromatic carbocycles. The summed E-state index contributed by atoms with van der Waals surface area (Å²) in [6.07, 6.45) is 11.3. The van der Waals surface area contributed by atoms with Crippen LogP contribution in [0.2, 0.25) is 0 Å². The lowest BCUT2D eigenvalue weighted by Gasteiger charge is -2.18. The van der Waals surface area contributed by atoms with Crippen LogP contribution in [0.1, 0.15) is 89.2 Å². The van der Waals surface area contributed by atoms with Crippen molar-refractivity contribution in [1.29, 1.82) is 0 Å². The van der Waals surface area contributed by atoms with Crippen LogP contribution in [0.3, 0.4) is 0 Å². The van der Waals surface area contributed by atoms with Gasteiger partial charge in [0.15, 0.2) is 0 Å². The summed E-state index contributed by atoms with van der Waals surface area (Å²) in [5.41, 5.74) is 6.77. The van der Waals surface area contributed by atoms with Crippen molar-refractivity contribution in [1.82, 2.24) is 0 Å². The third kappa shape index (κ3) is 9.19. The Bertz CT molecular complexity index is 433. The van der Waals surface area contributed by atoms with Crippen molar-refractivity contribution >= 4 is 5.78 Å². The van der Waals surface area contributed by atoms with Gasteiger partial charge in [-0.15, -0.1) is 0 Å². The summed E-state index contributed by atoms with van der Waals surface area (Å²) in [7, 11) is 0. The van der Waals surface area contributed by atoms with Crippen LogP contribution in [0, 0.1) is 0 Å². The molecule has 3 heteroatoms. The van der Waals surface area contributed by atoms with Crippen molar-refractivity contribution < 1.29 is 9.90 Å². The summed E-state index contributed by atoms with van der Waals surface area (Å²) in [6, 6.07) is 8.81. The summed E-state index contributed by atoms with van der Waals surface area (Å²) in [4.78, 5) is 12.0. The lowest BCUT2D eigenvalue weighted by molar-refractivity contribution is -0.120.